The van der Waals surface area contributed by atoms with Gasteiger partial charge in [0.05, 0.1) is 11.1 Å². The van der Waals surface area contributed by atoms with Gasteiger partial charge in [-0.2, -0.15) is 0 Å². The Morgan fingerprint density at radius 3 is 1.91 bits per heavy atom. The zero-order chi connectivity index (χ0) is 16.9. The molecule has 1 aromatic rings. The van der Waals surface area contributed by atoms with Crippen molar-refractivity contribution in [3.8, 4) is 0 Å². The van der Waals surface area contributed by atoms with Crippen LogP contribution in [0.5, 0.6) is 0 Å². The van der Waals surface area contributed by atoms with Crippen molar-refractivity contribution in [2.45, 2.75) is 19.4 Å². The summed E-state index contributed by atoms with van der Waals surface area (Å²) < 4.78 is 33.6. The summed E-state index contributed by atoms with van der Waals surface area (Å²) in [5.41, 5.74) is -3.26. The van der Waals surface area contributed by atoms with E-state index in [1.54, 1.807) is 13.8 Å². The van der Waals surface area contributed by atoms with E-state index in [-0.39, 0.29) is 18.8 Å². The number of carbonyl (C=O) groups is 2. The fraction of sp³-hybridized carbons (Fsp3) is 0.385. The molecule has 120 valence electrons. The van der Waals surface area contributed by atoms with Gasteiger partial charge in [0.25, 0.3) is 0 Å². The summed E-state index contributed by atoms with van der Waals surface area (Å²) in [6.45, 7) is 3.09. The van der Waals surface area contributed by atoms with Crippen LogP contribution in [-0.4, -0.2) is 35.4 Å². The van der Waals surface area contributed by atoms with Gasteiger partial charge in [0.2, 0.25) is 0 Å². The lowest BCUT2D eigenvalue weighted by molar-refractivity contribution is -0.180. The molecule has 0 fully saturated rings. The fourth-order valence-electron chi connectivity index (χ4n) is 1.91. The summed E-state index contributed by atoms with van der Waals surface area (Å²) in [6.07, 6.45) is 0. The van der Waals surface area contributed by atoms with Crippen molar-refractivity contribution in [1.82, 2.24) is 0 Å². The number of rotatable bonds is 8. The monoisotopic (exact) mass is 330 g/mol. The summed E-state index contributed by atoms with van der Waals surface area (Å²) in [7, 11) is -3.28. The minimum absolute atomic E-state index is 0.00754. The smallest absolute Gasteiger partial charge is 0.382 e. The number of carboxylic acid groups (broad SMARTS) is 2. The second kappa shape index (κ2) is 7.31. The third kappa shape index (κ3) is 3.41. The molecule has 0 bridgehead atoms. The first-order valence-corrected chi connectivity index (χ1v) is 7.51. The second-order valence-corrected chi connectivity index (χ2v) is 5.18. The zero-order valence-corrected chi connectivity index (χ0v) is 12.8. The van der Waals surface area contributed by atoms with Crippen molar-refractivity contribution in [2.24, 2.45) is 0 Å². The molecule has 9 heteroatoms. The van der Waals surface area contributed by atoms with Crippen LogP contribution in [0.2, 0.25) is 0 Å². The van der Waals surface area contributed by atoms with Crippen molar-refractivity contribution in [3.63, 3.8) is 0 Å². The lowest BCUT2D eigenvalue weighted by Gasteiger charge is -2.26. The van der Waals surface area contributed by atoms with Crippen LogP contribution in [0.4, 0.5) is 0 Å². The predicted molar refractivity (Wildman–Crippen MR) is 73.6 cm³/mol. The zero-order valence-electron chi connectivity index (χ0n) is 11.9. The Hall–Kier alpha value is -2.02. The summed E-state index contributed by atoms with van der Waals surface area (Å²) >= 11 is 0. The third-order valence-electron chi connectivity index (χ3n) is 2.77. The summed E-state index contributed by atoms with van der Waals surface area (Å²) in [5, 5.41) is 18.1. The van der Waals surface area contributed by atoms with Gasteiger partial charge < -0.3 is 19.7 Å². The average Bonchev–Trinajstić information content (AvgIpc) is 2.45. The van der Waals surface area contributed by atoms with E-state index in [2.05, 4.69) is 0 Å². The fourth-order valence-corrected chi connectivity index (χ4v) is 2.73. The van der Waals surface area contributed by atoms with E-state index < -0.39 is 36.3 Å². The van der Waals surface area contributed by atoms with E-state index >= 15 is 0 Å². The van der Waals surface area contributed by atoms with Crippen LogP contribution in [0.25, 0.3) is 0 Å². The van der Waals surface area contributed by atoms with Crippen LogP contribution in [0.15, 0.2) is 18.2 Å². The highest BCUT2D eigenvalue weighted by Crippen LogP contribution is 2.42. The van der Waals surface area contributed by atoms with Gasteiger partial charge in [-0.05, 0) is 26.0 Å². The maximum atomic E-state index is 11.6. The number of aromatic carboxylic acids is 2. The highest BCUT2D eigenvalue weighted by atomic mass is 31.1. The van der Waals surface area contributed by atoms with Gasteiger partial charge >= 0.3 is 25.1 Å². The van der Waals surface area contributed by atoms with Crippen LogP contribution in [0.1, 0.15) is 40.1 Å². The highest BCUT2D eigenvalue weighted by Gasteiger charge is 2.42. The Balaban J connectivity index is 3.59. The molecule has 0 aliphatic carbocycles. The topological polar surface area (TPSA) is 127 Å². The Labute approximate surface area is 126 Å². The molecule has 0 saturated carbocycles. The van der Waals surface area contributed by atoms with Crippen molar-refractivity contribution in [1.29, 1.82) is 0 Å². The maximum absolute atomic E-state index is 11.6. The Morgan fingerprint density at radius 2 is 1.55 bits per heavy atom. The molecule has 1 aromatic carbocycles. The van der Waals surface area contributed by atoms with Gasteiger partial charge in [-0.3, -0.25) is 0 Å². The number of benzene rings is 1. The van der Waals surface area contributed by atoms with E-state index in [0.717, 1.165) is 18.2 Å². The molecule has 0 amide bonds. The van der Waals surface area contributed by atoms with E-state index in [0.29, 0.717) is 0 Å². The van der Waals surface area contributed by atoms with E-state index in [4.69, 9.17) is 19.7 Å². The molecule has 0 spiro atoms. The molecule has 1 rings (SSSR count). The first kappa shape index (κ1) is 18.0. The molecular formula is C13H15O8P. The van der Waals surface area contributed by atoms with Crippen LogP contribution in [0.3, 0.4) is 0 Å². The normalized spacial score (nSPS) is 11.2. The van der Waals surface area contributed by atoms with Gasteiger partial charge in [0, 0.05) is 18.8 Å². The van der Waals surface area contributed by atoms with Gasteiger partial charge in [-0.25, -0.2) is 18.7 Å². The molecule has 0 aliphatic heterocycles. The summed E-state index contributed by atoms with van der Waals surface area (Å²) in [4.78, 5) is 22.2. The van der Waals surface area contributed by atoms with Gasteiger partial charge in [0.15, 0.2) is 0 Å². The molecular weight excluding hydrogens is 315 g/mol. The van der Waals surface area contributed by atoms with Crippen LogP contribution >= 0.6 is 7.68 Å². The quantitative estimate of drug-likeness (QED) is 0.549. The van der Waals surface area contributed by atoms with Crippen LogP contribution < -0.4 is 0 Å². The van der Waals surface area contributed by atoms with Gasteiger partial charge in [-0.15, -0.1) is 0 Å². The van der Waals surface area contributed by atoms with Crippen LogP contribution in [-0.2, 0) is 24.1 Å². The molecule has 0 radical (unpaired) electrons. The number of hydrogen-bond donors (Lipinski definition) is 2. The first-order valence-electron chi connectivity index (χ1n) is 6.33. The average molecular weight is 330 g/mol. The van der Waals surface area contributed by atoms with E-state index in [1.807, 2.05) is 0 Å². The lowest BCUT2D eigenvalue weighted by Crippen LogP contribution is -2.29. The molecule has 0 heterocycles. The molecule has 22 heavy (non-hydrogen) atoms. The lowest BCUT2D eigenvalue weighted by atomic mass is 10.0. The van der Waals surface area contributed by atoms with Gasteiger partial charge in [0.1, 0.15) is 0 Å². The largest absolute Gasteiger partial charge is 0.478 e. The molecule has 0 aliphatic rings. The standard InChI is InChI=1S/C13H15O8P/c1-3-20-13(21-4-2,22(18)19)8-5-6-9(11(14)15)10(7-8)12(16)17/h5-7H,3-4H2,1-2H3,(H,14,15)(H,16,17). The van der Waals surface area contributed by atoms with Gasteiger partial charge in [-0.1, -0.05) is 6.07 Å². The highest BCUT2D eigenvalue weighted by molar-refractivity contribution is 7.31. The maximum Gasteiger partial charge on any atom is 0.382 e. The van der Waals surface area contributed by atoms with Crippen LogP contribution in [0, 0.1) is 0 Å². The first-order chi connectivity index (χ1) is 10.3. The Bertz CT molecular complexity index is 635. The predicted octanol–water partition coefficient (Wildman–Crippen LogP) is 2.44. The minimum atomic E-state index is -3.28. The van der Waals surface area contributed by atoms with E-state index in [9.17, 15) is 18.7 Å². The summed E-state index contributed by atoms with van der Waals surface area (Å²) in [6, 6.07) is 3.10. The summed E-state index contributed by atoms with van der Waals surface area (Å²) in [5.74, 6) is -2.93. The molecule has 2 N–H and O–H groups in total. The Kier molecular flexibility index (Phi) is 5.99. The second-order valence-electron chi connectivity index (χ2n) is 4.08. The Morgan fingerprint density at radius 1 is 1.05 bits per heavy atom. The molecule has 0 unspecified atom stereocenters. The van der Waals surface area contributed by atoms with Crippen molar-refractivity contribution in [3.05, 3.63) is 34.9 Å². The molecule has 0 atom stereocenters. The minimum Gasteiger partial charge on any atom is -0.478 e. The molecule has 0 saturated heterocycles. The van der Waals surface area contributed by atoms with Crippen molar-refractivity contribution < 1.29 is 38.4 Å². The SMILES string of the molecule is CCOC(OCC)(c1ccc(C(=O)O)c(C(=O)O)c1)P(=O)=O. The van der Waals surface area contributed by atoms with Crippen molar-refractivity contribution >= 4 is 19.6 Å². The molecule has 8 nitrogen and oxygen atoms in total. The molecule has 0 aromatic heterocycles. The number of hydrogen-bond acceptors (Lipinski definition) is 6. The van der Waals surface area contributed by atoms with E-state index in [1.165, 1.54) is 0 Å². The number of carboxylic acids is 2. The third-order valence-corrected chi connectivity index (χ3v) is 3.76. The number of ether oxygens (including phenoxy) is 2. The van der Waals surface area contributed by atoms with Crippen molar-refractivity contribution in [2.75, 3.05) is 13.2 Å².